The van der Waals surface area contributed by atoms with Crippen molar-refractivity contribution >= 4 is 0 Å². The van der Waals surface area contributed by atoms with Crippen molar-refractivity contribution in [2.24, 2.45) is 5.73 Å². The number of nitrogens with two attached hydrogens (primary N) is 1. The molecule has 0 amide bonds. The second-order valence-corrected chi connectivity index (χ2v) is 9.47. The van der Waals surface area contributed by atoms with E-state index in [0.717, 1.165) is 21.3 Å². The minimum atomic E-state index is -1.15. The number of ether oxygens (including phenoxy) is 4. The van der Waals surface area contributed by atoms with Crippen LogP contribution in [0, 0.1) is 0 Å². The molecule has 0 saturated carbocycles. The molecule has 40 heavy (non-hydrogen) atoms. The zero-order valence-corrected chi connectivity index (χ0v) is 22.1. The van der Waals surface area contributed by atoms with Crippen molar-refractivity contribution in [1.82, 2.24) is 9.55 Å². The predicted molar refractivity (Wildman–Crippen MR) is 147 cm³/mol. The summed E-state index contributed by atoms with van der Waals surface area (Å²) in [4.78, 5) is 26.1. The molecule has 0 aliphatic carbocycles. The molecule has 1 saturated heterocycles. The van der Waals surface area contributed by atoms with E-state index in [2.05, 4.69) is 4.98 Å². The molecule has 1 fully saturated rings. The standard InChI is InChI=1S/C30H31N3O7/c1-37-22-12-8-20(9-13-22)30(19-6-4-3-5-7-19,21-10-14-23(38-2)15-11-21)39-18-24-27(35)26(31)28(40-24)33-17-16-25(34)32-29(33)36/h3-17,24,26-28,35H,18,31H2,1-2H3,(H,32,34,36)/t24-,26?,27?,28-/m0/s1. The molecule has 3 aromatic carbocycles. The average molecular weight is 546 g/mol. The van der Waals surface area contributed by atoms with Crippen LogP contribution in [0.15, 0.2) is 101 Å². The van der Waals surface area contributed by atoms with Gasteiger partial charge >= 0.3 is 5.69 Å². The third-order valence-corrected chi connectivity index (χ3v) is 7.18. The van der Waals surface area contributed by atoms with Gasteiger partial charge in [-0.05, 0) is 41.0 Å². The normalized spacial score (nSPS) is 20.8. The largest absolute Gasteiger partial charge is 0.497 e. The van der Waals surface area contributed by atoms with Gasteiger partial charge in [-0.15, -0.1) is 0 Å². The lowest BCUT2D eigenvalue weighted by Crippen LogP contribution is -2.43. The van der Waals surface area contributed by atoms with Crippen molar-refractivity contribution in [3.8, 4) is 11.5 Å². The molecule has 4 aromatic rings. The summed E-state index contributed by atoms with van der Waals surface area (Å²) in [5, 5.41) is 11.0. The molecule has 208 valence electrons. The van der Waals surface area contributed by atoms with Gasteiger partial charge in [-0.2, -0.15) is 0 Å². The van der Waals surface area contributed by atoms with Crippen LogP contribution >= 0.6 is 0 Å². The highest BCUT2D eigenvalue weighted by Crippen LogP contribution is 2.42. The number of methoxy groups -OCH3 is 2. The van der Waals surface area contributed by atoms with E-state index in [0.29, 0.717) is 11.5 Å². The number of hydrogen-bond acceptors (Lipinski definition) is 8. The summed E-state index contributed by atoms with van der Waals surface area (Å²) in [5.41, 5.74) is 6.40. The van der Waals surface area contributed by atoms with Gasteiger partial charge in [-0.3, -0.25) is 14.3 Å². The summed E-state index contributed by atoms with van der Waals surface area (Å²) >= 11 is 0. The van der Waals surface area contributed by atoms with Crippen molar-refractivity contribution in [3.05, 3.63) is 129 Å². The van der Waals surface area contributed by atoms with Crippen LogP contribution in [-0.2, 0) is 15.1 Å². The highest BCUT2D eigenvalue weighted by atomic mass is 16.6. The highest BCUT2D eigenvalue weighted by Gasteiger charge is 2.45. The van der Waals surface area contributed by atoms with Crippen molar-refractivity contribution in [2.75, 3.05) is 20.8 Å². The van der Waals surface area contributed by atoms with Crippen molar-refractivity contribution in [3.63, 3.8) is 0 Å². The third kappa shape index (κ3) is 5.05. The lowest BCUT2D eigenvalue weighted by Gasteiger charge is -2.37. The molecule has 2 unspecified atom stereocenters. The number of hydrogen-bond donors (Lipinski definition) is 3. The third-order valence-electron chi connectivity index (χ3n) is 7.18. The van der Waals surface area contributed by atoms with Gasteiger partial charge in [0.05, 0.1) is 26.9 Å². The van der Waals surface area contributed by atoms with Crippen LogP contribution in [-0.4, -0.2) is 53.7 Å². The molecule has 0 spiro atoms. The Bertz CT molecular complexity index is 1490. The molecule has 0 radical (unpaired) electrons. The van der Waals surface area contributed by atoms with Gasteiger partial charge in [0.1, 0.15) is 29.3 Å². The highest BCUT2D eigenvalue weighted by molar-refractivity contribution is 5.49. The number of aliphatic hydroxyl groups excluding tert-OH is 1. The van der Waals surface area contributed by atoms with Gasteiger partial charge in [-0.25, -0.2) is 4.79 Å². The number of nitrogens with one attached hydrogen (secondary N) is 1. The molecule has 4 N–H and O–H groups in total. The predicted octanol–water partition coefficient (Wildman–Crippen LogP) is 2.15. The molecule has 1 aromatic heterocycles. The van der Waals surface area contributed by atoms with Crippen LogP contribution in [0.3, 0.4) is 0 Å². The molecule has 10 heteroatoms. The SMILES string of the molecule is COc1ccc(C(OC[C@@H]2O[C@H](n3ccc(=O)[nH]c3=O)C(N)C2O)(c2ccccc2)c2ccc(OC)cc2)cc1. The van der Waals surface area contributed by atoms with E-state index >= 15 is 0 Å². The first-order chi connectivity index (χ1) is 19.4. The Morgan fingerprint density at radius 2 is 1.43 bits per heavy atom. The Kier molecular flexibility index (Phi) is 7.85. The van der Waals surface area contributed by atoms with E-state index in [1.807, 2.05) is 78.9 Å². The Labute approximate surface area is 230 Å². The minimum Gasteiger partial charge on any atom is -0.497 e. The zero-order valence-electron chi connectivity index (χ0n) is 22.1. The number of aromatic nitrogens is 2. The van der Waals surface area contributed by atoms with E-state index in [9.17, 15) is 14.7 Å². The van der Waals surface area contributed by atoms with Gasteiger partial charge in [-0.1, -0.05) is 54.6 Å². The summed E-state index contributed by atoms with van der Waals surface area (Å²) < 4.78 is 24.8. The first-order valence-corrected chi connectivity index (χ1v) is 12.8. The van der Waals surface area contributed by atoms with Gasteiger partial charge in [0.25, 0.3) is 5.56 Å². The number of benzene rings is 3. The molecular formula is C30H31N3O7. The number of rotatable bonds is 9. The van der Waals surface area contributed by atoms with E-state index in [1.165, 1.54) is 12.3 Å². The van der Waals surface area contributed by atoms with Crippen LogP contribution in [0.1, 0.15) is 22.9 Å². The molecule has 4 atom stereocenters. The quantitative estimate of drug-likeness (QED) is 0.272. The molecule has 10 nitrogen and oxygen atoms in total. The summed E-state index contributed by atoms with van der Waals surface area (Å²) in [5.74, 6) is 1.38. The first-order valence-electron chi connectivity index (χ1n) is 12.8. The Hall–Kier alpha value is -4.22. The fourth-order valence-corrected chi connectivity index (χ4v) is 5.06. The van der Waals surface area contributed by atoms with Crippen LogP contribution in [0.2, 0.25) is 0 Å². The number of nitrogens with zero attached hydrogens (tertiary/aromatic N) is 1. The van der Waals surface area contributed by atoms with Crippen LogP contribution in [0.5, 0.6) is 11.5 Å². The Balaban J connectivity index is 1.56. The first kappa shape index (κ1) is 27.4. The van der Waals surface area contributed by atoms with Crippen molar-refractivity contribution in [2.45, 2.75) is 30.1 Å². The van der Waals surface area contributed by atoms with Crippen molar-refractivity contribution in [1.29, 1.82) is 0 Å². The van der Waals surface area contributed by atoms with Crippen LogP contribution in [0.4, 0.5) is 0 Å². The fraction of sp³-hybridized carbons (Fsp3) is 0.267. The smallest absolute Gasteiger partial charge is 0.330 e. The summed E-state index contributed by atoms with van der Waals surface area (Å²) in [7, 11) is 3.21. The van der Waals surface area contributed by atoms with Gasteiger partial charge < -0.3 is 29.8 Å². The number of aliphatic hydroxyl groups is 1. The monoisotopic (exact) mass is 545 g/mol. The maximum absolute atomic E-state index is 12.4. The molecule has 2 heterocycles. The summed E-state index contributed by atoms with van der Waals surface area (Å²) in [6.45, 7) is -0.0730. The maximum Gasteiger partial charge on any atom is 0.330 e. The Morgan fingerprint density at radius 1 is 0.875 bits per heavy atom. The maximum atomic E-state index is 12.4. The van der Waals surface area contributed by atoms with Gasteiger partial charge in [0.15, 0.2) is 6.23 Å². The topological polar surface area (TPSA) is 138 Å². The van der Waals surface area contributed by atoms with Crippen LogP contribution in [0.25, 0.3) is 0 Å². The molecule has 5 rings (SSSR count). The van der Waals surface area contributed by atoms with Crippen molar-refractivity contribution < 1.29 is 24.1 Å². The number of H-pyrrole nitrogens is 1. The average Bonchev–Trinajstić information content (AvgIpc) is 3.27. The Morgan fingerprint density at radius 3 is 1.95 bits per heavy atom. The molecule has 1 aliphatic rings. The minimum absolute atomic E-state index is 0.0730. The van der Waals surface area contributed by atoms with Gasteiger partial charge in [0.2, 0.25) is 0 Å². The van der Waals surface area contributed by atoms with Gasteiger partial charge in [0, 0.05) is 12.3 Å². The zero-order chi connectivity index (χ0) is 28.3. The van der Waals surface area contributed by atoms with E-state index in [4.69, 9.17) is 24.7 Å². The number of aromatic amines is 1. The van der Waals surface area contributed by atoms with E-state index in [-0.39, 0.29) is 6.61 Å². The molecular weight excluding hydrogens is 514 g/mol. The summed E-state index contributed by atoms with van der Waals surface area (Å²) in [6, 6.07) is 25.1. The molecule has 1 aliphatic heterocycles. The lowest BCUT2D eigenvalue weighted by atomic mass is 9.80. The summed E-state index contributed by atoms with van der Waals surface area (Å²) in [6.07, 6.45) is -1.73. The second-order valence-electron chi connectivity index (χ2n) is 9.47. The van der Waals surface area contributed by atoms with Crippen LogP contribution < -0.4 is 26.5 Å². The second kappa shape index (κ2) is 11.5. The fourth-order valence-electron chi connectivity index (χ4n) is 5.06. The van der Waals surface area contributed by atoms with E-state index in [1.54, 1.807) is 14.2 Å². The lowest BCUT2D eigenvalue weighted by molar-refractivity contribution is -0.0945. The van der Waals surface area contributed by atoms with E-state index < -0.39 is 41.3 Å². The molecule has 0 bridgehead atoms.